The van der Waals surface area contributed by atoms with Crippen LogP contribution in [0.2, 0.25) is 0 Å². The van der Waals surface area contributed by atoms with Crippen molar-refractivity contribution in [1.82, 2.24) is 20.5 Å². The van der Waals surface area contributed by atoms with Gasteiger partial charge >= 0.3 is 0 Å². The summed E-state index contributed by atoms with van der Waals surface area (Å²) in [6, 6.07) is 47.4. The second kappa shape index (κ2) is 10.5. The predicted molar refractivity (Wildman–Crippen MR) is 186 cm³/mol. The number of amidine groups is 1. The highest BCUT2D eigenvalue weighted by Crippen LogP contribution is 2.37. The van der Waals surface area contributed by atoms with Gasteiger partial charge in [-0.1, -0.05) is 121 Å². The standard InChI is InChI=1S/C40H31N5/c1-2-13-28(14-3-1)38-42-39(44-40(43-38)32-19-10-15-26-11-4-6-16-30(26)32)29-23-24-41-36(25-29)45-34-20-9-8-18-33(34)37-31-17-7-5-12-27(31)21-22-35(37)45/h1-25,36,38,40-41,43H,(H,42,44). The molecule has 0 aliphatic carbocycles. The number of para-hydroxylation sites is 1. The largest absolute Gasteiger partial charge is 0.368 e. The minimum Gasteiger partial charge on any atom is -0.368 e. The lowest BCUT2D eigenvalue weighted by molar-refractivity contribution is 0.410. The molecular formula is C40H31N5. The van der Waals surface area contributed by atoms with E-state index in [1.807, 2.05) is 0 Å². The predicted octanol–water partition coefficient (Wildman–Crippen LogP) is 8.63. The van der Waals surface area contributed by atoms with Crippen molar-refractivity contribution in [2.24, 2.45) is 4.99 Å². The van der Waals surface area contributed by atoms with E-state index in [0.29, 0.717) is 0 Å². The summed E-state index contributed by atoms with van der Waals surface area (Å²) in [4.78, 5) is 5.25. The number of hydrogen-bond acceptors (Lipinski definition) is 4. The van der Waals surface area contributed by atoms with Crippen LogP contribution in [0.5, 0.6) is 0 Å². The molecule has 0 saturated carbocycles. The van der Waals surface area contributed by atoms with Crippen LogP contribution in [0.15, 0.2) is 162 Å². The summed E-state index contributed by atoms with van der Waals surface area (Å²) < 4.78 is 2.42. The number of benzene rings is 6. The quantitative estimate of drug-likeness (QED) is 0.195. The number of rotatable bonds is 4. The molecule has 216 valence electrons. The molecule has 3 unspecified atom stereocenters. The zero-order valence-corrected chi connectivity index (χ0v) is 24.6. The van der Waals surface area contributed by atoms with Crippen molar-refractivity contribution in [1.29, 1.82) is 0 Å². The molecule has 7 aromatic rings. The molecule has 5 nitrogen and oxygen atoms in total. The maximum Gasteiger partial charge on any atom is 0.131 e. The van der Waals surface area contributed by atoms with Gasteiger partial charge in [0.25, 0.3) is 0 Å². The molecule has 9 rings (SSSR count). The molecule has 1 aromatic heterocycles. The first kappa shape index (κ1) is 25.8. The third-order valence-electron chi connectivity index (χ3n) is 9.13. The molecule has 2 aliphatic rings. The van der Waals surface area contributed by atoms with Crippen LogP contribution in [0, 0.1) is 0 Å². The number of hydrogen-bond donors (Lipinski definition) is 3. The number of fused-ring (bicyclic) bond motifs is 6. The third kappa shape index (κ3) is 4.32. The second-order valence-corrected chi connectivity index (χ2v) is 11.7. The van der Waals surface area contributed by atoms with Gasteiger partial charge in [0.1, 0.15) is 24.3 Å². The van der Waals surface area contributed by atoms with Gasteiger partial charge in [-0.15, -0.1) is 0 Å². The van der Waals surface area contributed by atoms with Crippen LogP contribution < -0.4 is 16.0 Å². The summed E-state index contributed by atoms with van der Waals surface area (Å²) in [5, 5.41) is 18.7. The Morgan fingerprint density at radius 1 is 0.600 bits per heavy atom. The van der Waals surface area contributed by atoms with Crippen molar-refractivity contribution < 1.29 is 0 Å². The van der Waals surface area contributed by atoms with E-state index in [9.17, 15) is 0 Å². The molecule has 2 aliphatic heterocycles. The summed E-state index contributed by atoms with van der Waals surface area (Å²) in [6.45, 7) is 0. The Morgan fingerprint density at radius 3 is 2.18 bits per heavy atom. The minimum absolute atomic E-state index is 0.0980. The summed E-state index contributed by atoms with van der Waals surface area (Å²) in [7, 11) is 0. The molecule has 3 heterocycles. The molecule has 0 bridgehead atoms. The van der Waals surface area contributed by atoms with Crippen LogP contribution in [0.4, 0.5) is 0 Å². The lowest BCUT2D eigenvalue weighted by Gasteiger charge is -2.34. The van der Waals surface area contributed by atoms with Crippen molar-refractivity contribution in [3.8, 4) is 0 Å². The van der Waals surface area contributed by atoms with Gasteiger partial charge in [-0.2, -0.15) is 0 Å². The van der Waals surface area contributed by atoms with Gasteiger partial charge in [0.05, 0.1) is 11.0 Å². The van der Waals surface area contributed by atoms with Gasteiger partial charge in [-0.05, 0) is 63.2 Å². The van der Waals surface area contributed by atoms with Crippen molar-refractivity contribution in [2.45, 2.75) is 18.5 Å². The number of nitrogens with zero attached hydrogens (tertiary/aromatic N) is 2. The first-order chi connectivity index (χ1) is 22.3. The molecule has 3 atom stereocenters. The highest BCUT2D eigenvalue weighted by molar-refractivity contribution is 6.20. The van der Waals surface area contributed by atoms with Crippen molar-refractivity contribution in [3.63, 3.8) is 0 Å². The zero-order chi connectivity index (χ0) is 29.7. The Hall–Kier alpha value is -5.65. The van der Waals surface area contributed by atoms with E-state index in [0.717, 1.165) is 17.0 Å². The molecule has 3 N–H and O–H groups in total. The van der Waals surface area contributed by atoms with E-state index in [2.05, 4.69) is 172 Å². The molecule has 0 radical (unpaired) electrons. The lowest BCUT2D eigenvalue weighted by Crippen LogP contribution is -2.45. The third-order valence-corrected chi connectivity index (χ3v) is 9.13. The van der Waals surface area contributed by atoms with E-state index in [4.69, 9.17) is 4.99 Å². The van der Waals surface area contributed by atoms with Crippen LogP contribution in [0.3, 0.4) is 0 Å². The average molecular weight is 582 g/mol. The lowest BCUT2D eigenvalue weighted by atomic mass is 10.0. The van der Waals surface area contributed by atoms with Crippen molar-refractivity contribution in [3.05, 3.63) is 169 Å². The molecule has 0 fully saturated rings. The summed E-state index contributed by atoms with van der Waals surface area (Å²) in [5.74, 6) is 0.870. The van der Waals surface area contributed by atoms with Gasteiger partial charge in [0, 0.05) is 16.3 Å². The topological polar surface area (TPSA) is 53.4 Å². The maximum absolute atomic E-state index is 5.25. The monoisotopic (exact) mass is 581 g/mol. The Bertz CT molecular complexity index is 2320. The fourth-order valence-electron chi connectivity index (χ4n) is 7.06. The van der Waals surface area contributed by atoms with E-state index in [-0.39, 0.29) is 18.5 Å². The van der Waals surface area contributed by atoms with E-state index < -0.39 is 0 Å². The van der Waals surface area contributed by atoms with Gasteiger partial charge in [-0.3, -0.25) is 5.32 Å². The molecule has 45 heavy (non-hydrogen) atoms. The molecule has 0 saturated heterocycles. The Balaban J connectivity index is 1.18. The molecule has 5 heteroatoms. The smallest absolute Gasteiger partial charge is 0.131 e. The number of dihydropyridines is 1. The minimum atomic E-state index is -0.200. The Morgan fingerprint density at radius 2 is 1.31 bits per heavy atom. The van der Waals surface area contributed by atoms with E-state index in [1.165, 1.54) is 48.9 Å². The van der Waals surface area contributed by atoms with Crippen LogP contribution in [-0.2, 0) is 0 Å². The molecule has 0 spiro atoms. The van der Waals surface area contributed by atoms with E-state index >= 15 is 0 Å². The van der Waals surface area contributed by atoms with Gasteiger partial charge in [0.2, 0.25) is 0 Å². The fourth-order valence-corrected chi connectivity index (χ4v) is 7.06. The number of aromatic nitrogens is 1. The SMILES string of the molecule is C1=CC(C2=NC(c3ccccc3)NC(c3cccc4ccccc34)N2)=CC(n2c3ccccc3c3c4ccccc4ccc32)N1. The van der Waals surface area contributed by atoms with Crippen LogP contribution in [0.25, 0.3) is 43.4 Å². The summed E-state index contributed by atoms with van der Waals surface area (Å²) in [5.41, 5.74) is 5.78. The average Bonchev–Trinajstić information content (AvgIpc) is 3.46. The van der Waals surface area contributed by atoms with Gasteiger partial charge in [-0.25, -0.2) is 4.99 Å². The molecule has 0 amide bonds. The van der Waals surface area contributed by atoms with Crippen LogP contribution in [-0.4, -0.2) is 10.4 Å². The normalized spacial score (nSPS) is 19.8. The van der Waals surface area contributed by atoms with Crippen molar-refractivity contribution >= 4 is 49.2 Å². The second-order valence-electron chi connectivity index (χ2n) is 11.7. The van der Waals surface area contributed by atoms with Gasteiger partial charge in [0.15, 0.2) is 0 Å². The zero-order valence-electron chi connectivity index (χ0n) is 24.6. The highest BCUT2D eigenvalue weighted by atomic mass is 15.3. The molecular weight excluding hydrogens is 550 g/mol. The highest BCUT2D eigenvalue weighted by Gasteiger charge is 2.28. The van der Waals surface area contributed by atoms with Crippen LogP contribution in [0.1, 0.15) is 29.6 Å². The number of nitrogens with one attached hydrogen (secondary N) is 3. The first-order valence-corrected chi connectivity index (χ1v) is 15.5. The summed E-state index contributed by atoms with van der Waals surface area (Å²) >= 11 is 0. The molecule has 6 aromatic carbocycles. The van der Waals surface area contributed by atoms with Gasteiger partial charge < -0.3 is 15.2 Å². The number of aliphatic imine (C=N–C) groups is 1. The van der Waals surface area contributed by atoms with E-state index in [1.54, 1.807) is 0 Å². The Kier molecular flexibility index (Phi) is 6.03. The maximum atomic E-state index is 5.25. The Labute approximate surface area is 261 Å². The van der Waals surface area contributed by atoms with Crippen molar-refractivity contribution in [2.75, 3.05) is 0 Å². The van der Waals surface area contributed by atoms with Crippen LogP contribution >= 0.6 is 0 Å². The summed E-state index contributed by atoms with van der Waals surface area (Å²) in [6.07, 6.45) is 6.04. The fraction of sp³-hybridized carbons (Fsp3) is 0.0750. The first-order valence-electron chi connectivity index (χ1n) is 15.5.